The van der Waals surface area contributed by atoms with Crippen LogP contribution < -0.4 is 14.2 Å². The lowest BCUT2D eigenvalue weighted by Crippen LogP contribution is -2.14. The SMILES string of the molecule is CCCO/N=C(\COc1cc(Oc2ncccn2)cc(C(=O)O)c1)c1cccc(Oc2ccccc2)c1. The summed E-state index contributed by atoms with van der Waals surface area (Å²) in [4.78, 5) is 25.1. The van der Waals surface area contributed by atoms with Crippen molar-refractivity contribution in [2.24, 2.45) is 5.16 Å². The minimum Gasteiger partial charge on any atom is -0.487 e. The molecule has 188 valence electrons. The topological polar surface area (TPSA) is 112 Å². The molecule has 1 aromatic heterocycles. The molecule has 0 aliphatic heterocycles. The molecule has 0 saturated carbocycles. The van der Waals surface area contributed by atoms with Gasteiger partial charge in [0.15, 0.2) is 0 Å². The Morgan fingerprint density at radius 2 is 1.54 bits per heavy atom. The number of carbonyl (C=O) groups is 1. The maximum Gasteiger partial charge on any atom is 0.335 e. The zero-order valence-corrected chi connectivity index (χ0v) is 20.1. The Hall–Kier alpha value is -4.92. The summed E-state index contributed by atoms with van der Waals surface area (Å²) in [5.74, 6) is 0.691. The zero-order valence-electron chi connectivity index (χ0n) is 20.1. The number of rotatable bonds is 12. The van der Waals surface area contributed by atoms with Crippen LogP contribution in [-0.4, -0.2) is 40.0 Å². The first-order valence-electron chi connectivity index (χ1n) is 11.6. The predicted octanol–water partition coefficient (Wildman–Crippen LogP) is 5.97. The van der Waals surface area contributed by atoms with Gasteiger partial charge in [0.2, 0.25) is 0 Å². The number of benzene rings is 3. The Kier molecular flexibility index (Phi) is 8.63. The number of hydrogen-bond donors (Lipinski definition) is 1. The van der Waals surface area contributed by atoms with Crippen molar-refractivity contribution in [3.05, 3.63) is 102 Å². The Balaban J connectivity index is 1.55. The van der Waals surface area contributed by atoms with E-state index in [1.54, 1.807) is 12.1 Å². The van der Waals surface area contributed by atoms with Crippen molar-refractivity contribution >= 4 is 11.7 Å². The van der Waals surface area contributed by atoms with Gasteiger partial charge >= 0.3 is 12.0 Å². The number of carboxylic acid groups (broad SMARTS) is 1. The average molecular weight is 500 g/mol. The van der Waals surface area contributed by atoms with Gasteiger partial charge in [0.25, 0.3) is 0 Å². The normalized spacial score (nSPS) is 11.0. The molecule has 9 heteroatoms. The molecule has 0 unspecified atom stereocenters. The van der Waals surface area contributed by atoms with Crippen molar-refractivity contribution in [1.82, 2.24) is 9.97 Å². The first-order chi connectivity index (χ1) is 18.1. The number of oxime groups is 1. The van der Waals surface area contributed by atoms with Gasteiger partial charge in [0.05, 0.1) is 5.56 Å². The van der Waals surface area contributed by atoms with Crippen LogP contribution in [0.15, 0.2) is 96.4 Å². The lowest BCUT2D eigenvalue weighted by Gasteiger charge is -2.13. The Bertz CT molecular complexity index is 1350. The van der Waals surface area contributed by atoms with Gasteiger partial charge in [0.1, 0.15) is 41.9 Å². The highest BCUT2D eigenvalue weighted by molar-refractivity contribution is 6.01. The molecule has 0 atom stereocenters. The number of aromatic carboxylic acids is 1. The molecule has 0 amide bonds. The van der Waals surface area contributed by atoms with Gasteiger partial charge in [-0.1, -0.05) is 42.4 Å². The Morgan fingerprint density at radius 1 is 0.811 bits per heavy atom. The van der Waals surface area contributed by atoms with Crippen LogP contribution >= 0.6 is 0 Å². The summed E-state index contributed by atoms with van der Waals surface area (Å²) in [5, 5.41) is 13.8. The molecule has 4 rings (SSSR count). The van der Waals surface area contributed by atoms with E-state index < -0.39 is 5.97 Å². The van der Waals surface area contributed by atoms with Crippen LogP contribution in [-0.2, 0) is 4.84 Å². The fourth-order valence-electron chi connectivity index (χ4n) is 3.17. The van der Waals surface area contributed by atoms with Crippen LogP contribution in [0.3, 0.4) is 0 Å². The monoisotopic (exact) mass is 499 g/mol. The molecule has 0 aliphatic carbocycles. The Labute approximate surface area is 213 Å². The summed E-state index contributed by atoms with van der Waals surface area (Å²) in [6, 6.07) is 22.9. The standard InChI is InChI=1S/C28H25N3O6/c1-2-14-35-31-26(20-8-6-11-23(15-20)36-22-9-4-3-5-10-22)19-34-24-16-21(27(32)33)17-25(18-24)37-28-29-12-7-13-30-28/h3-13,15-18H,2,14,19H2,1H3,(H,32,33)/b31-26+. The van der Waals surface area contributed by atoms with E-state index in [-0.39, 0.29) is 29.7 Å². The molecular weight excluding hydrogens is 474 g/mol. The van der Waals surface area contributed by atoms with Gasteiger partial charge in [0, 0.05) is 24.0 Å². The highest BCUT2D eigenvalue weighted by atomic mass is 16.6. The van der Waals surface area contributed by atoms with Gasteiger partial charge < -0.3 is 24.2 Å². The van der Waals surface area contributed by atoms with Crippen molar-refractivity contribution in [2.75, 3.05) is 13.2 Å². The molecular formula is C28H25N3O6. The molecule has 0 fully saturated rings. The molecule has 0 aliphatic rings. The molecule has 1 N–H and O–H groups in total. The molecule has 1 heterocycles. The lowest BCUT2D eigenvalue weighted by molar-refractivity contribution is 0.0696. The quantitative estimate of drug-likeness (QED) is 0.144. The van der Waals surface area contributed by atoms with E-state index >= 15 is 0 Å². The second-order valence-electron chi connectivity index (χ2n) is 7.73. The van der Waals surface area contributed by atoms with E-state index in [9.17, 15) is 9.90 Å². The lowest BCUT2D eigenvalue weighted by atomic mass is 10.1. The summed E-state index contributed by atoms with van der Waals surface area (Å²) in [6.07, 6.45) is 3.84. The van der Waals surface area contributed by atoms with Crippen LogP contribution in [0.4, 0.5) is 0 Å². The maximum absolute atomic E-state index is 11.7. The fourth-order valence-corrected chi connectivity index (χ4v) is 3.17. The van der Waals surface area contributed by atoms with Gasteiger partial charge in [-0.2, -0.15) is 0 Å². The number of nitrogens with zero attached hydrogens (tertiary/aromatic N) is 3. The third kappa shape index (κ3) is 7.53. The van der Waals surface area contributed by atoms with Crippen LogP contribution in [0.2, 0.25) is 0 Å². The molecule has 37 heavy (non-hydrogen) atoms. The van der Waals surface area contributed by atoms with E-state index in [4.69, 9.17) is 19.0 Å². The van der Waals surface area contributed by atoms with Gasteiger partial charge in [-0.25, -0.2) is 14.8 Å². The number of carboxylic acids is 1. The van der Waals surface area contributed by atoms with E-state index in [1.807, 2.05) is 61.5 Å². The van der Waals surface area contributed by atoms with E-state index in [1.165, 1.54) is 24.5 Å². The minimum atomic E-state index is -1.13. The molecule has 9 nitrogen and oxygen atoms in total. The summed E-state index contributed by atoms with van der Waals surface area (Å²) in [5.41, 5.74) is 1.22. The highest BCUT2D eigenvalue weighted by Gasteiger charge is 2.13. The number of ether oxygens (including phenoxy) is 3. The highest BCUT2D eigenvalue weighted by Crippen LogP contribution is 2.27. The molecule has 0 saturated heterocycles. The van der Waals surface area contributed by atoms with Crippen LogP contribution in [0, 0.1) is 0 Å². The van der Waals surface area contributed by atoms with Crippen molar-refractivity contribution in [3.63, 3.8) is 0 Å². The summed E-state index contributed by atoms with van der Waals surface area (Å²) in [7, 11) is 0. The van der Waals surface area contributed by atoms with E-state index in [2.05, 4.69) is 15.1 Å². The first kappa shape index (κ1) is 25.2. The third-order valence-corrected chi connectivity index (χ3v) is 4.87. The number of aromatic nitrogens is 2. The number of para-hydroxylation sites is 1. The number of hydrogen-bond acceptors (Lipinski definition) is 8. The summed E-state index contributed by atoms with van der Waals surface area (Å²) >= 11 is 0. The van der Waals surface area contributed by atoms with Gasteiger partial charge in [-0.3, -0.25) is 0 Å². The molecule has 0 radical (unpaired) electrons. The Morgan fingerprint density at radius 3 is 2.30 bits per heavy atom. The maximum atomic E-state index is 11.7. The molecule has 0 spiro atoms. The van der Waals surface area contributed by atoms with Crippen molar-refractivity contribution < 1.29 is 28.9 Å². The molecule has 0 bridgehead atoms. The summed E-state index contributed by atoms with van der Waals surface area (Å²) in [6.45, 7) is 2.42. The van der Waals surface area contributed by atoms with Crippen molar-refractivity contribution in [3.8, 4) is 29.0 Å². The smallest absolute Gasteiger partial charge is 0.335 e. The van der Waals surface area contributed by atoms with Gasteiger partial charge in [-0.05, 0) is 48.9 Å². The van der Waals surface area contributed by atoms with E-state index in [0.717, 1.165) is 12.0 Å². The van der Waals surface area contributed by atoms with E-state index in [0.29, 0.717) is 23.8 Å². The average Bonchev–Trinajstić information content (AvgIpc) is 2.92. The largest absolute Gasteiger partial charge is 0.487 e. The minimum absolute atomic E-state index is 0.00283. The predicted molar refractivity (Wildman–Crippen MR) is 137 cm³/mol. The van der Waals surface area contributed by atoms with Crippen molar-refractivity contribution in [1.29, 1.82) is 0 Å². The second kappa shape index (κ2) is 12.7. The van der Waals surface area contributed by atoms with Crippen molar-refractivity contribution in [2.45, 2.75) is 13.3 Å². The van der Waals surface area contributed by atoms with Crippen LogP contribution in [0.5, 0.6) is 29.0 Å². The second-order valence-corrected chi connectivity index (χ2v) is 7.73. The third-order valence-electron chi connectivity index (χ3n) is 4.87. The molecule has 4 aromatic rings. The summed E-state index contributed by atoms with van der Waals surface area (Å²) < 4.78 is 17.5. The molecule has 3 aromatic carbocycles. The first-order valence-corrected chi connectivity index (χ1v) is 11.6. The van der Waals surface area contributed by atoms with Crippen LogP contribution in [0.25, 0.3) is 0 Å². The fraction of sp³-hybridized carbons (Fsp3) is 0.143. The van der Waals surface area contributed by atoms with Gasteiger partial charge in [-0.15, -0.1) is 0 Å². The van der Waals surface area contributed by atoms with Crippen LogP contribution in [0.1, 0.15) is 29.3 Å². The zero-order chi connectivity index (χ0) is 25.9.